The zero-order chi connectivity index (χ0) is 18.3. The molecule has 0 aliphatic rings. The Balaban J connectivity index is 1.71. The molecule has 2 N–H and O–H groups in total. The summed E-state index contributed by atoms with van der Waals surface area (Å²) in [4.78, 5) is 27.4. The van der Waals surface area contributed by atoms with Gasteiger partial charge in [0.15, 0.2) is 0 Å². The lowest BCUT2D eigenvalue weighted by Crippen LogP contribution is -2.19. The maximum atomic E-state index is 12.4. The molecule has 0 bridgehead atoms. The quantitative estimate of drug-likeness (QED) is 0.592. The number of hydrogen-bond acceptors (Lipinski definition) is 2. The van der Waals surface area contributed by atoms with E-state index in [2.05, 4.69) is 35.4 Å². The third kappa shape index (κ3) is 2.67. The normalized spacial score (nSPS) is 11.2. The summed E-state index contributed by atoms with van der Waals surface area (Å²) in [5.74, 6) is -0.245. The van der Waals surface area contributed by atoms with Gasteiger partial charge in [0.25, 0.3) is 5.91 Å². The van der Waals surface area contributed by atoms with Crippen molar-refractivity contribution in [3.8, 4) is 0 Å². The van der Waals surface area contributed by atoms with E-state index in [1.807, 2.05) is 18.2 Å². The van der Waals surface area contributed by atoms with Gasteiger partial charge in [-0.3, -0.25) is 9.59 Å². The Morgan fingerprint density at radius 3 is 2.73 bits per heavy atom. The number of benzene rings is 2. The number of H-pyrrole nitrogens is 1. The van der Waals surface area contributed by atoms with Crippen LogP contribution in [0.2, 0.25) is 0 Å². The smallest absolute Gasteiger partial charge is 0.257 e. The molecule has 0 saturated heterocycles. The lowest BCUT2D eigenvalue weighted by Gasteiger charge is -2.06. The summed E-state index contributed by atoms with van der Waals surface area (Å²) in [5.41, 5.74) is 4.41. The predicted molar refractivity (Wildman–Crippen MR) is 105 cm³/mol. The lowest BCUT2D eigenvalue weighted by atomic mass is 10.1. The number of para-hydroxylation sites is 1. The maximum Gasteiger partial charge on any atom is 0.257 e. The number of rotatable bonds is 3. The average molecular weight is 345 g/mol. The first-order valence-corrected chi connectivity index (χ1v) is 8.58. The summed E-state index contributed by atoms with van der Waals surface area (Å²) in [6.07, 6.45) is 2.49. The molecule has 2 aromatic carbocycles. The molecule has 0 fully saturated rings. The van der Waals surface area contributed by atoms with E-state index in [0.717, 1.165) is 22.8 Å². The van der Waals surface area contributed by atoms with Crippen molar-refractivity contribution in [2.75, 3.05) is 5.32 Å². The monoisotopic (exact) mass is 345 g/mol. The highest BCUT2D eigenvalue weighted by Gasteiger charge is 2.10. The van der Waals surface area contributed by atoms with E-state index in [1.54, 1.807) is 7.05 Å². The molecule has 5 heteroatoms. The number of carbonyl (C=O) groups excluding carboxylic acids is 1. The van der Waals surface area contributed by atoms with Crippen molar-refractivity contribution in [3.05, 3.63) is 76.2 Å². The third-order valence-corrected chi connectivity index (χ3v) is 4.71. The zero-order valence-electron chi connectivity index (χ0n) is 14.7. The highest BCUT2D eigenvalue weighted by atomic mass is 16.2. The first kappa shape index (κ1) is 16.1. The molecule has 2 heterocycles. The predicted octanol–water partition coefficient (Wildman–Crippen LogP) is 3.83. The van der Waals surface area contributed by atoms with Crippen LogP contribution in [0.3, 0.4) is 0 Å². The Kier molecular flexibility index (Phi) is 3.84. The molecule has 26 heavy (non-hydrogen) atoms. The summed E-state index contributed by atoms with van der Waals surface area (Å²) in [6, 6.07) is 15.1. The summed E-state index contributed by atoms with van der Waals surface area (Å²) in [6.45, 7) is 2.14. The van der Waals surface area contributed by atoms with E-state index in [1.165, 1.54) is 33.8 Å². The summed E-state index contributed by atoms with van der Waals surface area (Å²) in [5, 5.41) is 5.22. The number of nitrogens with one attached hydrogen (secondary N) is 2. The molecule has 130 valence electrons. The molecule has 0 unspecified atom stereocenters. The van der Waals surface area contributed by atoms with E-state index in [-0.39, 0.29) is 11.5 Å². The van der Waals surface area contributed by atoms with Crippen LogP contribution in [0.4, 0.5) is 5.69 Å². The number of carbonyl (C=O) groups is 1. The summed E-state index contributed by atoms with van der Waals surface area (Å²) < 4.78 is 1.39. The van der Waals surface area contributed by atoms with Gasteiger partial charge in [-0.05, 0) is 30.2 Å². The van der Waals surface area contributed by atoms with Crippen LogP contribution in [0, 0.1) is 0 Å². The third-order valence-electron chi connectivity index (χ3n) is 4.71. The van der Waals surface area contributed by atoms with Crippen molar-refractivity contribution < 1.29 is 4.79 Å². The van der Waals surface area contributed by atoms with Crippen LogP contribution in [0.1, 0.15) is 22.8 Å². The SMILES string of the molecule is CCc1cccc2c1[nH]c1cc(NC(=O)c3ccc(=O)n(C)c3)ccc12. The minimum absolute atomic E-state index is 0.146. The topological polar surface area (TPSA) is 66.9 Å². The van der Waals surface area contributed by atoms with Gasteiger partial charge in [-0.15, -0.1) is 0 Å². The van der Waals surface area contributed by atoms with Gasteiger partial charge < -0.3 is 14.9 Å². The molecule has 1 amide bonds. The highest BCUT2D eigenvalue weighted by Crippen LogP contribution is 2.29. The molecule has 2 aromatic heterocycles. The second-order valence-corrected chi connectivity index (χ2v) is 6.40. The van der Waals surface area contributed by atoms with Crippen LogP contribution < -0.4 is 10.9 Å². The average Bonchev–Trinajstić information content (AvgIpc) is 3.01. The van der Waals surface area contributed by atoms with Crippen LogP contribution in [0.5, 0.6) is 0 Å². The van der Waals surface area contributed by atoms with Gasteiger partial charge in [0.05, 0.1) is 5.56 Å². The van der Waals surface area contributed by atoms with Crippen molar-refractivity contribution >= 4 is 33.4 Å². The van der Waals surface area contributed by atoms with Crippen molar-refractivity contribution in [1.82, 2.24) is 9.55 Å². The highest BCUT2D eigenvalue weighted by molar-refractivity contribution is 6.10. The number of aromatic amines is 1. The molecular weight excluding hydrogens is 326 g/mol. The minimum atomic E-state index is -0.245. The van der Waals surface area contributed by atoms with E-state index < -0.39 is 0 Å². The maximum absolute atomic E-state index is 12.4. The van der Waals surface area contributed by atoms with Gasteiger partial charge in [-0.2, -0.15) is 0 Å². The number of aryl methyl sites for hydroxylation is 2. The summed E-state index contributed by atoms with van der Waals surface area (Å²) in [7, 11) is 1.63. The van der Waals surface area contributed by atoms with Crippen LogP contribution in [-0.4, -0.2) is 15.5 Å². The van der Waals surface area contributed by atoms with Gasteiger partial charge in [-0.25, -0.2) is 0 Å². The van der Waals surface area contributed by atoms with Gasteiger partial charge in [-0.1, -0.05) is 31.2 Å². The number of nitrogens with zero attached hydrogens (tertiary/aromatic N) is 1. The van der Waals surface area contributed by atoms with Crippen LogP contribution in [0.15, 0.2) is 59.5 Å². The standard InChI is InChI=1S/C21H19N3O2/c1-3-13-5-4-6-17-16-9-8-15(11-18(16)23-20(13)17)22-21(26)14-7-10-19(25)24(2)12-14/h4-12,23H,3H2,1-2H3,(H,22,26). The Morgan fingerprint density at radius 2 is 1.96 bits per heavy atom. The Labute approximate surface area is 150 Å². The van der Waals surface area contributed by atoms with Crippen LogP contribution >= 0.6 is 0 Å². The van der Waals surface area contributed by atoms with Gasteiger partial charge in [0, 0.05) is 46.8 Å². The minimum Gasteiger partial charge on any atom is -0.354 e. The van der Waals surface area contributed by atoms with E-state index in [0.29, 0.717) is 11.3 Å². The zero-order valence-corrected chi connectivity index (χ0v) is 14.7. The fourth-order valence-electron chi connectivity index (χ4n) is 3.29. The molecule has 5 nitrogen and oxygen atoms in total. The Morgan fingerprint density at radius 1 is 1.12 bits per heavy atom. The second-order valence-electron chi connectivity index (χ2n) is 6.40. The van der Waals surface area contributed by atoms with Crippen LogP contribution in [-0.2, 0) is 13.5 Å². The lowest BCUT2D eigenvalue weighted by molar-refractivity contribution is 0.102. The Hall–Kier alpha value is -3.34. The second kappa shape index (κ2) is 6.19. The number of hydrogen-bond donors (Lipinski definition) is 2. The van der Waals surface area contributed by atoms with Gasteiger partial charge in [0.1, 0.15) is 0 Å². The molecule has 0 saturated carbocycles. The number of anilines is 1. The van der Waals surface area contributed by atoms with Crippen molar-refractivity contribution in [3.63, 3.8) is 0 Å². The first-order chi connectivity index (χ1) is 12.6. The molecule has 4 aromatic rings. The molecular formula is C21H19N3O2. The molecule has 0 radical (unpaired) electrons. The Bertz CT molecular complexity index is 1200. The molecule has 0 spiro atoms. The molecule has 0 aliphatic heterocycles. The fourth-order valence-corrected chi connectivity index (χ4v) is 3.29. The number of amides is 1. The number of fused-ring (bicyclic) bond motifs is 3. The number of pyridine rings is 1. The molecule has 0 aliphatic carbocycles. The van der Waals surface area contributed by atoms with E-state index in [4.69, 9.17) is 0 Å². The van der Waals surface area contributed by atoms with Gasteiger partial charge in [0.2, 0.25) is 5.56 Å². The van der Waals surface area contributed by atoms with Crippen molar-refractivity contribution in [2.45, 2.75) is 13.3 Å². The first-order valence-electron chi connectivity index (χ1n) is 8.58. The van der Waals surface area contributed by atoms with Crippen molar-refractivity contribution in [1.29, 1.82) is 0 Å². The van der Waals surface area contributed by atoms with Crippen LogP contribution in [0.25, 0.3) is 21.8 Å². The van der Waals surface area contributed by atoms with Crippen molar-refractivity contribution in [2.24, 2.45) is 7.05 Å². The number of aromatic nitrogens is 2. The van der Waals surface area contributed by atoms with E-state index in [9.17, 15) is 9.59 Å². The fraction of sp³-hybridized carbons (Fsp3) is 0.143. The van der Waals surface area contributed by atoms with E-state index >= 15 is 0 Å². The largest absolute Gasteiger partial charge is 0.354 e. The van der Waals surface area contributed by atoms with Gasteiger partial charge >= 0.3 is 0 Å². The molecule has 0 atom stereocenters. The molecule has 4 rings (SSSR count). The summed E-state index contributed by atoms with van der Waals surface area (Å²) >= 11 is 0.